The molecule has 0 aliphatic rings. The van der Waals surface area contributed by atoms with Crippen LogP contribution in [0.2, 0.25) is 0 Å². The lowest BCUT2D eigenvalue weighted by Gasteiger charge is -2.12. The van der Waals surface area contributed by atoms with Crippen LogP contribution in [0, 0.1) is 17.0 Å². The molecule has 0 saturated carbocycles. The minimum Gasteiger partial charge on any atom is -0.449 e. The number of ether oxygens (including phenoxy) is 1. The van der Waals surface area contributed by atoms with Gasteiger partial charge in [0.2, 0.25) is 0 Å². The van der Waals surface area contributed by atoms with E-state index in [1.54, 1.807) is 12.1 Å². The van der Waals surface area contributed by atoms with E-state index in [2.05, 4.69) is 5.32 Å². The molecule has 1 amide bonds. The van der Waals surface area contributed by atoms with Gasteiger partial charge in [0.1, 0.15) is 5.69 Å². The fourth-order valence-corrected chi connectivity index (χ4v) is 2.18. The third-order valence-electron chi connectivity index (χ3n) is 3.47. The lowest BCUT2D eigenvalue weighted by molar-refractivity contribution is -0.383. The van der Waals surface area contributed by atoms with Crippen LogP contribution < -0.4 is 5.32 Å². The number of hydrogen-bond acceptors (Lipinski definition) is 5. The van der Waals surface area contributed by atoms with Gasteiger partial charge in [-0.25, -0.2) is 4.79 Å². The van der Waals surface area contributed by atoms with Crippen LogP contribution in [0.5, 0.6) is 0 Å². The topological polar surface area (TPSA) is 98.5 Å². The third kappa shape index (κ3) is 5.27. The first-order valence-corrected chi connectivity index (χ1v) is 7.86. The van der Waals surface area contributed by atoms with Gasteiger partial charge in [-0.05, 0) is 31.6 Å². The Morgan fingerprint density at radius 3 is 2.62 bits per heavy atom. The van der Waals surface area contributed by atoms with Gasteiger partial charge in [-0.1, -0.05) is 42.0 Å². The van der Waals surface area contributed by atoms with Gasteiger partial charge in [-0.15, -0.1) is 0 Å². The van der Waals surface area contributed by atoms with Crippen molar-refractivity contribution in [3.05, 3.63) is 75.8 Å². The monoisotopic (exact) mass is 354 g/mol. The van der Waals surface area contributed by atoms with Crippen LogP contribution in [-0.2, 0) is 14.3 Å². The van der Waals surface area contributed by atoms with E-state index in [0.29, 0.717) is 0 Å². The third-order valence-corrected chi connectivity index (χ3v) is 3.47. The summed E-state index contributed by atoms with van der Waals surface area (Å²) in [5, 5.41) is 13.4. The number of rotatable bonds is 6. The van der Waals surface area contributed by atoms with Crippen LogP contribution in [0.25, 0.3) is 6.08 Å². The average Bonchev–Trinajstić information content (AvgIpc) is 2.60. The predicted octanol–water partition coefficient (Wildman–Crippen LogP) is 3.49. The Hall–Kier alpha value is -3.48. The molecule has 0 saturated heterocycles. The molecule has 0 heterocycles. The number of carbonyl (C=O) groups is 2. The molecule has 2 aromatic carbocycles. The number of para-hydroxylation sites is 2. The zero-order valence-electron chi connectivity index (χ0n) is 14.3. The first-order valence-electron chi connectivity index (χ1n) is 7.86. The van der Waals surface area contributed by atoms with Crippen molar-refractivity contribution in [2.45, 2.75) is 20.0 Å². The Balaban J connectivity index is 1.96. The van der Waals surface area contributed by atoms with E-state index in [9.17, 15) is 19.7 Å². The molecule has 26 heavy (non-hydrogen) atoms. The molecule has 7 heteroatoms. The van der Waals surface area contributed by atoms with Crippen molar-refractivity contribution in [1.29, 1.82) is 0 Å². The predicted molar refractivity (Wildman–Crippen MR) is 97.5 cm³/mol. The molecular weight excluding hydrogens is 336 g/mol. The molecule has 2 aromatic rings. The minimum absolute atomic E-state index is 0.0423. The molecule has 134 valence electrons. The number of hydrogen-bond donors (Lipinski definition) is 1. The molecule has 0 radical (unpaired) electrons. The number of nitro groups is 1. The second-order valence-corrected chi connectivity index (χ2v) is 5.59. The van der Waals surface area contributed by atoms with E-state index < -0.39 is 22.9 Å². The molecule has 0 fully saturated rings. The maximum absolute atomic E-state index is 12.1. The molecule has 0 aliphatic heterocycles. The number of amides is 1. The van der Waals surface area contributed by atoms with E-state index in [-0.39, 0.29) is 11.4 Å². The van der Waals surface area contributed by atoms with Crippen molar-refractivity contribution >= 4 is 29.3 Å². The van der Waals surface area contributed by atoms with Gasteiger partial charge in [0, 0.05) is 12.1 Å². The first kappa shape index (κ1) is 18.9. The summed E-state index contributed by atoms with van der Waals surface area (Å²) < 4.78 is 5.03. The lowest BCUT2D eigenvalue weighted by atomic mass is 10.1. The number of nitrogens with zero attached hydrogens (tertiary/aromatic N) is 1. The van der Waals surface area contributed by atoms with Crippen LogP contribution in [0.15, 0.2) is 54.6 Å². The Labute approximate surface area is 150 Å². The van der Waals surface area contributed by atoms with Gasteiger partial charge in [0.25, 0.3) is 11.6 Å². The Morgan fingerprint density at radius 1 is 1.19 bits per heavy atom. The van der Waals surface area contributed by atoms with Crippen molar-refractivity contribution < 1.29 is 19.2 Å². The van der Waals surface area contributed by atoms with Gasteiger partial charge < -0.3 is 10.1 Å². The summed E-state index contributed by atoms with van der Waals surface area (Å²) in [6.07, 6.45) is 1.70. The van der Waals surface area contributed by atoms with Crippen LogP contribution in [0.4, 0.5) is 11.4 Å². The van der Waals surface area contributed by atoms with Crippen molar-refractivity contribution in [2.24, 2.45) is 0 Å². The molecule has 0 aromatic heterocycles. The second-order valence-electron chi connectivity index (χ2n) is 5.59. The van der Waals surface area contributed by atoms with E-state index in [0.717, 1.165) is 11.1 Å². The zero-order valence-corrected chi connectivity index (χ0v) is 14.3. The maximum atomic E-state index is 12.1. The van der Waals surface area contributed by atoms with Gasteiger partial charge in [0.15, 0.2) is 6.10 Å². The Kier molecular flexibility index (Phi) is 6.21. The number of nitro benzene ring substituents is 1. The average molecular weight is 354 g/mol. The number of esters is 1. The molecule has 1 N–H and O–H groups in total. The molecule has 1 atom stereocenters. The summed E-state index contributed by atoms with van der Waals surface area (Å²) in [6.45, 7) is 3.33. The molecule has 0 bridgehead atoms. The molecule has 0 spiro atoms. The normalized spacial score (nSPS) is 11.8. The molecule has 7 nitrogen and oxygen atoms in total. The van der Waals surface area contributed by atoms with Gasteiger partial charge in [0.05, 0.1) is 4.92 Å². The quantitative estimate of drug-likeness (QED) is 0.370. The Bertz CT molecular complexity index is 861. The molecule has 2 rings (SSSR count). The van der Waals surface area contributed by atoms with Crippen molar-refractivity contribution in [1.82, 2.24) is 0 Å². The van der Waals surface area contributed by atoms with Gasteiger partial charge >= 0.3 is 5.97 Å². The van der Waals surface area contributed by atoms with Crippen LogP contribution in [0.3, 0.4) is 0 Å². The van der Waals surface area contributed by atoms with Gasteiger partial charge in [-0.2, -0.15) is 0 Å². The van der Waals surface area contributed by atoms with Crippen LogP contribution in [-0.4, -0.2) is 22.9 Å². The summed E-state index contributed by atoms with van der Waals surface area (Å²) >= 11 is 0. The molecule has 0 unspecified atom stereocenters. The standard InChI is InChI=1S/C19H18N2O5/c1-13-6-5-7-15(12-13)10-11-18(22)26-14(2)19(23)20-16-8-3-4-9-17(16)21(24)25/h3-12,14H,1-2H3,(H,20,23)/b11-10+/t14-/m1/s1. The first-order chi connectivity index (χ1) is 12.4. The number of benzene rings is 2. The summed E-state index contributed by atoms with van der Waals surface area (Å²) in [7, 11) is 0. The highest BCUT2D eigenvalue weighted by Gasteiger charge is 2.20. The number of carbonyl (C=O) groups excluding carboxylic acids is 2. The summed E-state index contributed by atoms with van der Waals surface area (Å²) in [5.41, 5.74) is 1.69. The summed E-state index contributed by atoms with van der Waals surface area (Å²) in [6, 6.07) is 13.3. The second kappa shape index (κ2) is 8.57. The fourth-order valence-electron chi connectivity index (χ4n) is 2.18. The molecular formula is C19H18N2O5. The Morgan fingerprint density at radius 2 is 1.92 bits per heavy atom. The van der Waals surface area contributed by atoms with Gasteiger partial charge in [-0.3, -0.25) is 14.9 Å². The minimum atomic E-state index is -1.11. The van der Waals surface area contributed by atoms with E-state index in [1.165, 1.54) is 31.2 Å². The fraction of sp³-hybridized carbons (Fsp3) is 0.158. The number of anilines is 1. The van der Waals surface area contributed by atoms with E-state index in [4.69, 9.17) is 4.74 Å². The van der Waals surface area contributed by atoms with Crippen molar-refractivity contribution in [3.8, 4) is 0 Å². The number of nitrogens with one attached hydrogen (secondary N) is 1. The largest absolute Gasteiger partial charge is 0.449 e. The van der Waals surface area contributed by atoms with E-state index in [1.807, 2.05) is 31.2 Å². The highest BCUT2D eigenvalue weighted by molar-refractivity contribution is 5.98. The highest BCUT2D eigenvalue weighted by Crippen LogP contribution is 2.23. The van der Waals surface area contributed by atoms with Crippen LogP contribution in [0.1, 0.15) is 18.1 Å². The maximum Gasteiger partial charge on any atom is 0.331 e. The lowest BCUT2D eigenvalue weighted by Crippen LogP contribution is -2.29. The smallest absolute Gasteiger partial charge is 0.331 e. The SMILES string of the molecule is Cc1cccc(/C=C/C(=O)O[C@H](C)C(=O)Nc2ccccc2[N+](=O)[O-])c1. The molecule has 0 aliphatic carbocycles. The number of aryl methyl sites for hydroxylation is 1. The van der Waals surface area contributed by atoms with Crippen molar-refractivity contribution in [3.63, 3.8) is 0 Å². The highest BCUT2D eigenvalue weighted by atomic mass is 16.6. The van der Waals surface area contributed by atoms with Crippen LogP contribution >= 0.6 is 0 Å². The van der Waals surface area contributed by atoms with Crippen molar-refractivity contribution in [2.75, 3.05) is 5.32 Å². The summed E-state index contributed by atoms with van der Waals surface area (Å²) in [5.74, 6) is -1.34. The van der Waals surface area contributed by atoms with E-state index >= 15 is 0 Å². The summed E-state index contributed by atoms with van der Waals surface area (Å²) in [4.78, 5) is 34.3. The zero-order chi connectivity index (χ0) is 19.1.